The van der Waals surface area contributed by atoms with Gasteiger partial charge in [-0.05, 0) is 74.2 Å². The summed E-state index contributed by atoms with van der Waals surface area (Å²) in [6, 6.07) is 16.3. The predicted molar refractivity (Wildman–Crippen MR) is 91.5 cm³/mol. The average molecular weight is 316 g/mol. The highest BCUT2D eigenvalue weighted by Gasteiger charge is 2.24. The van der Waals surface area contributed by atoms with E-state index in [0.29, 0.717) is 17.7 Å². The van der Waals surface area contributed by atoms with Crippen LogP contribution in [0.3, 0.4) is 0 Å². The quantitative estimate of drug-likeness (QED) is 0.863. The van der Waals surface area contributed by atoms with Crippen LogP contribution in [0, 0.1) is 0 Å². The summed E-state index contributed by atoms with van der Waals surface area (Å²) in [5, 5.41) is 10.2. The smallest absolute Gasteiger partial charge is 0.115 e. The Morgan fingerprint density at radius 1 is 1.00 bits per heavy atom. The summed E-state index contributed by atoms with van der Waals surface area (Å²) >= 11 is 5.97. The first-order valence-corrected chi connectivity index (χ1v) is 8.30. The fourth-order valence-corrected chi connectivity index (χ4v) is 3.44. The molecule has 0 aromatic heterocycles. The summed E-state index contributed by atoms with van der Waals surface area (Å²) in [5.74, 6) is 0.951. The SMILES string of the molecule is CC(c1ccc(Cl)cc1)N1CCC(c2ccc(O)cc2)CC1. The molecule has 3 heteroatoms. The molecule has 3 rings (SSSR count). The summed E-state index contributed by atoms with van der Waals surface area (Å²) in [4.78, 5) is 2.54. The van der Waals surface area contributed by atoms with Crippen molar-refractivity contribution in [3.63, 3.8) is 0 Å². The lowest BCUT2D eigenvalue weighted by Crippen LogP contribution is -2.35. The molecule has 2 aromatic rings. The zero-order valence-corrected chi connectivity index (χ0v) is 13.6. The number of rotatable bonds is 3. The van der Waals surface area contributed by atoms with E-state index in [1.807, 2.05) is 12.1 Å². The average Bonchev–Trinajstić information content (AvgIpc) is 2.56. The summed E-state index contributed by atoms with van der Waals surface area (Å²) in [5.41, 5.74) is 2.67. The van der Waals surface area contributed by atoms with Crippen molar-refractivity contribution in [2.24, 2.45) is 0 Å². The second kappa shape index (κ2) is 6.72. The van der Waals surface area contributed by atoms with Crippen molar-refractivity contribution in [3.05, 3.63) is 64.7 Å². The Kier molecular flexibility index (Phi) is 4.70. The highest BCUT2D eigenvalue weighted by molar-refractivity contribution is 6.30. The maximum Gasteiger partial charge on any atom is 0.115 e. The number of halogens is 1. The Balaban J connectivity index is 1.61. The number of phenolic OH excluding ortho intramolecular Hbond substituents is 1. The number of likely N-dealkylation sites (tertiary alicyclic amines) is 1. The number of phenols is 1. The van der Waals surface area contributed by atoms with Crippen LogP contribution < -0.4 is 0 Å². The number of nitrogens with zero attached hydrogens (tertiary/aromatic N) is 1. The first-order chi connectivity index (χ1) is 10.6. The van der Waals surface area contributed by atoms with E-state index < -0.39 is 0 Å². The van der Waals surface area contributed by atoms with E-state index in [0.717, 1.165) is 18.1 Å². The lowest BCUT2D eigenvalue weighted by atomic mass is 9.88. The lowest BCUT2D eigenvalue weighted by Gasteiger charge is -2.36. The molecule has 0 amide bonds. The topological polar surface area (TPSA) is 23.5 Å². The Morgan fingerprint density at radius 2 is 1.59 bits per heavy atom. The van der Waals surface area contributed by atoms with Gasteiger partial charge in [-0.3, -0.25) is 4.90 Å². The summed E-state index contributed by atoms with van der Waals surface area (Å²) in [6.07, 6.45) is 2.34. The highest BCUT2D eigenvalue weighted by Crippen LogP contribution is 2.32. The Hall–Kier alpha value is -1.51. The van der Waals surface area contributed by atoms with Gasteiger partial charge < -0.3 is 5.11 Å². The molecule has 1 atom stereocenters. The van der Waals surface area contributed by atoms with Crippen LogP contribution in [0.2, 0.25) is 5.02 Å². The van der Waals surface area contributed by atoms with Gasteiger partial charge in [0, 0.05) is 11.1 Å². The van der Waals surface area contributed by atoms with Gasteiger partial charge in [-0.1, -0.05) is 35.9 Å². The molecule has 0 bridgehead atoms. The summed E-state index contributed by atoms with van der Waals surface area (Å²) < 4.78 is 0. The van der Waals surface area contributed by atoms with Crippen LogP contribution in [0.15, 0.2) is 48.5 Å². The van der Waals surface area contributed by atoms with Gasteiger partial charge >= 0.3 is 0 Å². The maximum absolute atomic E-state index is 9.40. The molecule has 1 fully saturated rings. The van der Waals surface area contributed by atoms with E-state index in [-0.39, 0.29) is 0 Å². The second-order valence-corrected chi connectivity index (χ2v) is 6.57. The monoisotopic (exact) mass is 315 g/mol. The van der Waals surface area contributed by atoms with Crippen LogP contribution in [0.4, 0.5) is 0 Å². The number of benzene rings is 2. The van der Waals surface area contributed by atoms with Gasteiger partial charge in [-0.15, -0.1) is 0 Å². The number of aromatic hydroxyl groups is 1. The minimum absolute atomic E-state index is 0.345. The van der Waals surface area contributed by atoms with E-state index >= 15 is 0 Å². The molecule has 1 aliphatic heterocycles. The van der Waals surface area contributed by atoms with Gasteiger partial charge in [0.05, 0.1) is 0 Å². The molecule has 0 aliphatic carbocycles. The fraction of sp³-hybridized carbons (Fsp3) is 0.368. The van der Waals surface area contributed by atoms with Crippen molar-refractivity contribution in [2.45, 2.75) is 31.7 Å². The van der Waals surface area contributed by atoms with E-state index in [1.165, 1.54) is 24.0 Å². The van der Waals surface area contributed by atoms with Crippen LogP contribution in [-0.2, 0) is 0 Å². The van der Waals surface area contributed by atoms with Gasteiger partial charge in [0.25, 0.3) is 0 Å². The molecule has 1 aliphatic rings. The molecule has 2 aromatic carbocycles. The van der Waals surface area contributed by atoms with Crippen LogP contribution in [0.25, 0.3) is 0 Å². The molecular weight excluding hydrogens is 294 g/mol. The third kappa shape index (κ3) is 3.45. The molecule has 1 heterocycles. The number of hydrogen-bond acceptors (Lipinski definition) is 2. The fourth-order valence-electron chi connectivity index (χ4n) is 3.32. The molecule has 0 spiro atoms. The van der Waals surface area contributed by atoms with Crippen molar-refractivity contribution in [1.29, 1.82) is 0 Å². The molecule has 0 radical (unpaired) electrons. The van der Waals surface area contributed by atoms with E-state index in [4.69, 9.17) is 11.6 Å². The standard InChI is InChI=1S/C19H22ClNO/c1-14(15-2-6-18(20)7-3-15)21-12-10-17(11-13-21)16-4-8-19(22)9-5-16/h2-9,14,17,22H,10-13H2,1H3. The van der Waals surface area contributed by atoms with Gasteiger partial charge in [-0.2, -0.15) is 0 Å². The third-order valence-corrected chi connectivity index (χ3v) is 5.05. The van der Waals surface area contributed by atoms with E-state index in [2.05, 4.69) is 36.1 Å². The van der Waals surface area contributed by atoms with Gasteiger partial charge in [-0.25, -0.2) is 0 Å². The van der Waals surface area contributed by atoms with Crippen molar-refractivity contribution >= 4 is 11.6 Å². The number of hydrogen-bond donors (Lipinski definition) is 1. The van der Waals surface area contributed by atoms with Crippen LogP contribution in [0.1, 0.15) is 42.9 Å². The Bertz CT molecular complexity index is 600. The van der Waals surface area contributed by atoms with E-state index in [9.17, 15) is 5.11 Å². The lowest BCUT2D eigenvalue weighted by molar-refractivity contribution is 0.162. The molecule has 0 saturated carbocycles. The first kappa shape index (κ1) is 15.4. The number of piperidine rings is 1. The largest absolute Gasteiger partial charge is 0.508 e. The van der Waals surface area contributed by atoms with Gasteiger partial charge in [0.1, 0.15) is 5.75 Å². The molecule has 22 heavy (non-hydrogen) atoms. The van der Waals surface area contributed by atoms with Crippen molar-refractivity contribution in [3.8, 4) is 5.75 Å². The van der Waals surface area contributed by atoms with Gasteiger partial charge in [0.2, 0.25) is 0 Å². The van der Waals surface area contributed by atoms with Crippen molar-refractivity contribution < 1.29 is 5.11 Å². The van der Waals surface area contributed by atoms with Crippen LogP contribution in [0.5, 0.6) is 5.75 Å². The minimum Gasteiger partial charge on any atom is -0.508 e. The van der Waals surface area contributed by atoms with E-state index in [1.54, 1.807) is 12.1 Å². The molecule has 1 saturated heterocycles. The van der Waals surface area contributed by atoms with Gasteiger partial charge in [0.15, 0.2) is 0 Å². The Labute approximate surface area is 137 Å². The zero-order valence-electron chi connectivity index (χ0n) is 12.9. The molecule has 116 valence electrons. The molecular formula is C19H22ClNO. The predicted octanol–water partition coefficient (Wildman–Crippen LogP) is 4.99. The zero-order chi connectivity index (χ0) is 15.5. The van der Waals surface area contributed by atoms with Crippen LogP contribution in [-0.4, -0.2) is 23.1 Å². The van der Waals surface area contributed by atoms with Crippen molar-refractivity contribution in [1.82, 2.24) is 4.90 Å². The maximum atomic E-state index is 9.40. The third-order valence-electron chi connectivity index (χ3n) is 4.79. The molecule has 2 nitrogen and oxygen atoms in total. The molecule has 1 unspecified atom stereocenters. The van der Waals surface area contributed by atoms with Crippen LogP contribution >= 0.6 is 11.6 Å². The second-order valence-electron chi connectivity index (χ2n) is 6.13. The summed E-state index contributed by atoms with van der Waals surface area (Å²) in [7, 11) is 0. The Morgan fingerprint density at radius 3 is 2.18 bits per heavy atom. The summed E-state index contributed by atoms with van der Waals surface area (Å²) in [6.45, 7) is 4.48. The minimum atomic E-state index is 0.345. The first-order valence-electron chi connectivity index (χ1n) is 7.92. The highest BCUT2D eigenvalue weighted by atomic mass is 35.5. The van der Waals surface area contributed by atoms with Crippen molar-refractivity contribution in [2.75, 3.05) is 13.1 Å². The normalized spacial score (nSPS) is 18.3. The molecule has 1 N–H and O–H groups in total.